The predicted octanol–water partition coefficient (Wildman–Crippen LogP) is 5.30. The van der Waals surface area contributed by atoms with Gasteiger partial charge in [-0.05, 0) is 43.5 Å². The standard InChI is InChI=1S/C15H16BrClN2/c1-8(2)13-10(4)18-15(19-14(13)17)12-6-5-11(16)7-9(12)3/h5-8H,1-4H3. The van der Waals surface area contributed by atoms with Crippen LogP contribution in [0.4, 0.5) is 0 Å². The summed E-state index contributed by atoms with van der Waals surface area (Å²) >= 11 is 9.76. The lowest BCUT2D eigenvalue weighted by Gasteiger charge is -2.13. The molecule has 0 fully saturated rings. The van der Waals surface area contributed by atoms with E-state index in [4.69, 9.17) is 11.6 Å². The second kappa shape index (κ2) is 5.59. The maximum absolute atomic E-state index is 6.30. The smallest absolute Gasteiger partial charge is 0.161 e. The van der Waals surface area contributed by atoms with Crippen molar-refractivity contribution in [3.05, 3.63) is 44.6 Å². The van der Waals surface area contributed by atoms with Crippen LogP contribution in [0.2, 0.25) is 5.15 Å². The van der Waals surface area contributed by atoms with Crippen LogP contribution in [0.5, 0.6) is 0 Å². The molecule has 0 amide bonds. The molecule has 0 N–H and O–H groups in total. The third-order valence-corrected chi connectivity index (χ3v) is 3.88. The Morgan fingerprint density at radius 2 is 1.84 bits per heavy atom. The quantitative estimate of drug-likeness (QED) is 0.694. The number of halogens is 2. The van der Waals surface area contributed by atoms with Crippen molar-refractivity contribution < 1.29 is 0 Å². The van der Waals surface area contributed by atoms with E-state index in [1.54, 1.807) is 0 Å². The van der Waals surface area contributed by atoms with Crippen LogP contribution in [-0.4, -0.2) is 9.97 Å². The summed E-state index contributed by atoms with van der Waals surface area (Å²) in [5.41, 5.74) is 4.12. The minimum absolute atomic E-state index is 0.326. The normalized spacial score (nSPS) is 11.1. The SMILES string of the molecule is Cc1cc(Br)ccc1-c1nc(C)c(C(C)C)c(Cl)n1. The van der Waals surface area contributed by atoms with Crippen LogP contribution < -0.4 is 0 Å². The molecule has 100 valence electrons. The van der Waals surface area contributed by atoms with Crippen molar-refractivity contribution in [3.8, 4) is 11.4 Å². The van der Waals surface area contributed by atoms with Crippen LogP contribution in [-0.2, 0) is 0 Å². The van der Waals surface area contributed by atoms with Gasteiger partial charge in [0.25, 0.3) is 0 Å². The van der Waals surface area contributed by atoms with E-state index in [1.165, 1.54) is 0 Å². The minimum Gasteiger partial charge on any atom is -0.233 e. The van der Waals surface area contributed by atoms with Gasteiger partial charge in [-0.15, -0.1) is 0 Å². The molecule has 4 heteroatoms. The first-order valence-corrected chi connectivity index (χ1v) is 7.37. The Morgan fingerprint density at radius 1 is 1.16 bits per heavy atom. The van der Waals surface area contributed by atoms with Crippen molar-refractivity contribution in [2.45, 2.75) is 33.6 Å². The first-order valence-electron chi connectivity index (χ1n) is 6.20. The molecule has 0 radical (unpaired) electrons. The molecule has 1 aromatic heterocycles. The fourth-order valence-corrected chi connectivity index (χ4v) is 3.11. The Morgan fingerprint density at radius 3 is 2.37 bits per heavy atom. The van der Waals surface area contributed by atoms with Crippen LogP contribution in [0.25, 0.3) is 11.4 Å². The zero-order chi connectivity index (χ0) is 14.2. The molecule has 0 saturated heterocycles. The van der Waals surface area contributed by atoms with Gasteiger partial charge in [-0.2, -0.15) is 0 Å². The van der Waals surface area contributed by atoms with Gasteiger partial charge in [-0.3, -0.25) is 0 Å². The topological polar surface area (TPSA) is 25.8 Å². The highest BCUT2D eigenvalue weighted by molar-refractivity contribution is 9.10. The van der Waals surface area contributed by atoms with Crippen molar-refractivity contribution >= 4 is 27.5 Å². The van der Waals surface area contributed by atoms with Gasteiger partial charge in [-0.1, -0.05) is 41.4 Å². The zero-order valence-electron chi connectivity index (χ0n) is 11.5. The van der Waals surface area contributed by atoms with E-state index in [2.05, 4.69) is 45.8 Å². The highest BCUT2D eigenvalue weighted by atomic mass is 79.9. The number of rotatable bonds is 2. The van der Waals surface area contributed by atoms with Crippen molar-refractivity contribution in [1.29, 1.82) is 0 Å². The van der Waals surface area contributed by atoms with Crippen LogP contribution in [0.3, 0.4) is 0 Å². The predicted molar refractivity (Wildman–Crippen MR) is 83.7 cm³/mol. The summed E-state index contributed by atoms with van der Waals surface area (Å²) in [5.74, 6) is 1.02. The van der Waals surface area contributed by atoms with E-state index in [-0.39, 0.29) is 0 Å². The van der Waals surface area contributed by atoms with E-state index >= 15 is 0 Å². The molecule has 1 heterocycles. The summed E-state index contributed by atoms with van der Waals surface area (Å²) in [7, 11) is 0. The fraction of sp³-hybridized carbons (Fsp3) is 0.333. The largest absolute Gasteiger partial charge is 0.233 e. The maximum atomic E-state index is 6.30. The molecule has 0 atom stereocenters. The maximum Gasteiger partial charge on any atom is 0.161 e. The summed E-state index contributed by atoms with van der Waals surface area (Å²) < 4.78 is 1.05. The average Bonchev–Trinajstić information content (AvgIpc) is 2.26. The molecule has 2 rings (SSSR count). The number of nitrogens with zero attached hydrogens (tertiary/aromatic N) is 2. The first kappa shape index (κ1) is 14.5. The molecule has 2 nitrogen and oxygen atoms in total. The summed E-state index contributed by atoms with van der Waals surface area (Å²) in [4.78, 5) is 9.06. The lowest BCUT2D eigenvalue weighted by atomic mass is 10.0. The van der Waals surface area contributed by atoms with E-state index in [1.807, 2.05) is 26.0 Å². The van der Waals surface area contributed by atoms with E-state index in [0.29, 0.717) is 16.9 Å². The summed E-state index contributed by atoms with van der Waals surface area (Å²) in [5, 5.41) is 0.555. The monoisotopic (exact) mass is 338 g/mol. The van der Waals surface area contributed by atoms with E-state index in [0.717, 1.165) is 26.9 Å². The van der Waals surface area contributed by atoms with Gasteiger partial charge in [0.15, 0.2) is 5.82 Å². The van der Waals surface area contributed by atoms with E-state index in [9.17, 15) is 0 Å². The first-order chi connectivity index (χ1) is 8.90. The Balaban J connectivity index is 2.58. The van der Waals surface area contributed by atoms with Crippen molar-refractivity contribution in [1.82, 2.24) is 9.97 Å². The number of hydrogen-bond acceptors (Lipinski definition) is 2. The molecule has 1 aromatic carbocycles. The highest BCUT2D eigenvalue weighted by Crippen LogP contribution is 2.29. The third kappa shape index (κ3) is 2.98. The molecule has 0 spiro atoms. The molecule has 0 aliphatic rings. The van der Waals surface area contributed by atoms with Crippen LogP contribution in [0, 0.1) is 13.8 Å². The van der Waals surface area contributed by atoms with Gasteiger partial charge in [0, 0.05) is 21.3 Å². The second-order valence-electron chi connectivity index (χ2n) is 4.95. The van der Waals surface area contributed by atoms with Crippen LogP contribution in [0.1, 0.15) is 36.6 Å². The number of benzene rings is 1. The molecule has 19 heavy (non-hydrogen) atoms. The minimum atomic E-state index is 0.326. The number of aromatic nitrogens is 2. The Kier molecular flexibility index (Phi) is 4.26. The van der Waals surface area contributed by atoms with Crippen LogP contribution >= 0.6 is 27.5 Å². The number of hydrogen-bond donors (Lipinski definition) is 0. The molecule has 0 aliphatic carbocycles. The second-order valence-corrected chi connectivity index (χ2v) is 6.22. The Bertz CT molecular complexity index is 601. The van der Waals surface area contributed by atoms with Gasteiger partial charge in [0.05, 0.1) is 0 Å². The van der Waals surface area contributed by atoms with Gasteiger partial charge < -0.3 is 0 Å². The van der Waals surface area contributed by atoms with Crippen molar-refractivity contribution in [2.24, 2.45) is 0 Å². The van der Waals surface area contributed by atoms with Crippen LogP contribution in [0.15, 0.2) is 22.7 Å². The highest BCUT2D eigenvalue weighted by Gasteiger charge is 2.15. The zero-order valence-corrected chi connectivity index (χ0v) is 13.8. The lowest BCUT2D eigenvalue weighted by molar-refractivity contribution is 0.831. The molecular formula is C15H16BrClN2. The average molecular weight is 340 g/mol. The van der Waals surface area contributed by atoms with Gasteiger partial charge in [0.2, 0.25) is 0 Å². The van der Waals surface area contributed by atoms with Crippen molar-refractivity contribution in [3.63, 3.8) is 0 Å². The van der Waals surface area contributed by atoms with Crippen molar-refractivity contribution in [2.75, 3.05) is 0 Å². The lowest BCUT2D eigenvalue weighted by Crippen LogP contribution is -2.02. The molecule has 0 aliphatic heterocycles. The van der Waals surface area contributed by atoms with E-state index < -0.39 is 0 Å². The molecule has 2 aromatic rings. The molecule has 0 bridgehead atoms. The van der Waals surface area contributed by atoms with Gasteiger partial charge in [-0.25, -0.2) is 9.97 Å². The summed E-state index contributed by atoms with van der Waals surface area (Å²) in [6.07, 6.45) is 0. The fourth-order valence-electron chi connectivity index (χ4n) is 2.20. The number of aryl methyl sites for hydroxylation is 2. The molecule has 0 unspecified atom stereocenters. The molecular weight excluding hydrogens is 324 g/mol. The Labute approximate surface area is 127 Å². The molecule has 0 saturated carbocycles. The van der Waals surface area contributed by atoms with Gasteiger partial charge in [0.1, 0.15) is 5.15 Å². The third-order valence-electron chi connectivity index (χ3n) is 3.10. The van der Waals surface area contributed by atoms with Gasteiger partial charge >= 0.3 is 0 Å². The summed E-state index contributed by atoms with van der Waals surface area (Å²) in [6, 6.07) is 6.06. The Hall–Kier alpha value is -0.930. The summed E-state index contributed by atoms with van der Waals surface area (Å²) in [6.45, 7) is 8.23.